The van der Waals surface area contributed by atoms with E-state index in [0.717, 1.165) is 0 Å². The molecule has 0 spiro atoms. The molecule has 1 aromatic heterocycles. The van der Waals surface area contributed by atoms with Crippen molar-refractivity contribution < 1.29 is 0 Å². The van der Waals surface area contributed by atoms with Crippen molar-refractivity contribution in [3.8, 4) is 6.07 Å². The minimum atomic E-state index is 0.494. The molecule has 0 amide bonds. The fraction of sp³-hybridized carbons (Fsp3) is 0.100. The van der Waals surface area contributed by atoms with Gasteiger partial charge in [0, 0.05) is 18.1 Å². The number of aromatic nitrogens is 1. The van der Waals surface area contributed by atoms with Gasteiger partial charge in [-0.05, 0) is 19.1 Å². The Morgan fingerprint density at radius 3 is 3.07 bits per heavy atom. The monoisotopic (exact) mass is 186 g/mol. The summed E-state index contributed by atoms with van der Waals surface area (Å²) in [5.41, 5.74) is 7.23. The summed E-state index contributed by atoms with van der Waals surface area (Å²) in [6, 6.07) is 3.65. The van der Waals surface area contributed by atoms with E-state index in [0.29, 0.717) is 16.9 Å². The van der Waals surface area contributed by atoms with Crippen molar-refractivity contribution in [1.82, 2.24) is 4.98 Å². The number of nitriles is 1. The highest BCUT2D eigenvalue weighted by Crippen LogP contribution is 2.10. The minimum absolute atomic E-state index is 0.494. The lowest BCUT2D eigenvalue weighted by atomic mass is 10.3. The standard InChI is InChI=1S/C10H10N4/c1-8(12)2-3-14-10-4-9(5-11)6-13-7-10/h2-4,6-7H,12H2,1H3. The topological polar surface area (TPSA) is 75.1 Å². The van der Waals surface area contributed by atoms with Crippen molar-refractivity contribution in [2.75, 3.05) is 0 Å². The van der Waals surface area contributed by atoms with Gasteiger partial charge in [-0.1, -0.05) is 0 Å². The summed E-state index contributed by atoms with van der Waals surface area (Å²) in [4.78, 5) is 7.93. The lowest BCUT2D eigenvalue weighted by molar-refractivity contribution is 1.28. The number of nitrogens with two attached hydrogens (primary N) is 1. The number of rotatable bonds is 2. The maximum Gasteiger partial charge on any atom is 0.101 e. The Labute approximate surface area is 82.4 Å². The normalized spacial score (nSPS) is 11.6. The number of nitrogens with zero attached hydrogens (tertiary/aromatic N) is 3. The van der Waals surface area contributed by atoms with Crippen LogP contribution in [0.3, 0.4) is 0 Å². The molecule has 0 saturated heterocycles. The molecule has 0 radical (unpaired) electrons. The van der Waals surface area contributed by atoms with Crippen LogP contribution >= 0.6 is 0 Å². The Bertz CT molecular complexity index is 408. The maximum atomic E-state index is 8.60. The van der Waals surface area contributed by atoms with E-state index in [-0.39, 0.29) is 0 Å². The molecular formula is C10H10N4. The zero-order valence-corrected chi connectivity index (χ0v) is 7.81. The van der Waals surface area contributed by atoms with Crippen LogP contribution in [0, 0.1) is 11.3 Å². The molecule has 0 aliphatic rings. The van der Waals surface area contributed by atoms with Gasteiger partial charge in [0.05, 0.1) is 17.4 Å². The quantitative estimate of drug-likeness (QED) is 0.711. The lowest BCUT2D eigenvalue weighted by Gasteiger charge is -1.91. The Morgan fingerprint density at radius 1 is 1.64 bits per heavy atom. The van der Waals surface area contributed by atoms with E-state index in [1.165, 1.54) is 6.20 Å². The van der Waals surface area contributed by atoms with E-state index >= 15 is 0 Å². The molecule has 1 rings (SSSR count). The van der Waals surface area contributed by atoms with Crippen LogP contribution in [0.15, 0.2) is 35.2 Å². The second-order valence-corrected chi connectivity index (χ2v) is 2.73. The van der Waals surface area contributed by atoms with Crippen LogP contribution in [0.25, 0.3) is 0 Å². The smallest absolute Gasteiger partial charge is 0.101 e. The van der Waals surface area contributed by atoms with Crippen molar-refractivity contribution in [3.63, 3.8) is 0 Å². The molecule has 0 aromatic carbocycles. The second-order valence-electron chi connectivity index (χ2n) is 2.73. The van der Waals surface area contributed by atoms with E-state index in [9.17, 15) is 0 Å². The maximum absolute atomic E-state index is 8.60. The SMILES string of the molecule is CC(N)=CC=Nc1cncc(C#N)c1. The van der Waals surface area contributed by atoms with Crippen LogP contribution in [0.5, 0.6) is 0 Å². The van der Waals surface area contributed by atoms with Gasteiger partial charge in [0.25, 0.3) is 0 Å². The Hall–Kier alpha value is -2.15. The second kappa shape index (κ2) is 4.77. The molecule has 0 atom stereocenters. The first-order chi connectivity index (χ1) is 6.72. The summed E-state index contributed by atoms with van der Waals surface area (Å²) in [5, 5.41) is 8.60. The third-order valence-electron chi connectivity index (χ3n) is 1.41. The first-order valence-electron chi connectivity index (χ1n) is 4.04. The summed E-state index contributed by atoms with van der Waals surface area (Å²) in [6.07, 6.45) is 6.33. The zero-order chi connectivity index (χ0) is 10.4. The highest BCUT2D eigenvalue weighted by atomic mass is 14.8. The van der Waals surface area contributed by atoms with Crippen LogP contribution in [0.4, 0.5) is 5.69 Å². The van der Waals surface area contributed by atoms with Crippen molar-refractivity contribution in [2.24, 2.45) is 10.7 Å². The van der Waals surface area contributed by atoms with Gasteiger partial charge < -0.3 is 5.73 Å². The largest absolute Gasteiger partial charge is 0.402 e. The van der Waals surface area contributed by atoms with Crippen LogP contribution in [-0.4, -0.2) is 11.2 Å². The average molecular weight is 186 g/mol. The predicted molar refractivity (Wildman–Crippen MR) is 55.0 cm³/mol. The molecule has 2 N–H and O–H groups in total. The molecule has 0 aliphatic carbocycles. The highest BCUT2D eigenvalue weighted by Gasteiger charge is 1.91. The van der Waals surface area contributed by atoms with E-state index in [4.69, 9.17) is 11.0 Å². The van der Waals surface area contributed by atoms with E-state index < -0.39 is 0 Å². The van der Waals surface area contributed by atoms with Crippen LogP contribution in [0.2, 0.25) is 0 Å². The molecule has 0 aliphatic heterocycles. The van der Waals surface area contributed by atoms with Gasteiger partial charge in [-0.25, -0.2) is 0 Å². The molecule has 1 aromatic rings. The predicted octanol–water partition coefficient (Wildman–Crippen LogP) is 1.52. The molecule has 70 valence electrons. The third-order valence-corrected chi connectivity index (χ3v) is 1.41. The van der Waals surface area contributed by atoms with E-state index in [1.807, 2.05) is 6.07 Å². The fourth-order valence-corrected chi connectivity index (χ4v) is 0.800. The van der Waals surface area contributed by atoms with Gasteiger partial charge in [0.15, 0.2) is 0 Å². The van der Waals surface area contributed by atoms with E-state index in [2.05, 4.69) is 9.98 Å². The van der Waals surface area contributed by atoms with Crippen LogP contribution in [0.1, 0.15) is 12.5 Å². The van der Waals surface area contributed by atoms with Crippen LogP contribution < -0.4 is 5.73 Å². The average Bonchev–Trinajstić information content (AvgIpc) is 2.18. The molecule has 4 nitrogen and oxygen atoms in total. The van der Waals surface area contributed by atoms with Crippen molar-refractivity contribution >= 4 is 11.9 Å². The van der Waals surface area contributed by atoms with Gasteiger partial charge in [0.1, 0.15) is 6.07 Å². The Kier molecular flexibility index (Phi) is 3.39. The van der Waals surface area contributed by atoms with Crippen LogP contribution in [-0.2, 0) is 0 Å². The number of hydrogen-bond donors (Lipinski definition) is 1. The molecule has 0 unspecified atom stereocenters. The first kappa shape index (κ1) is 9.93. The fourth-order valence-electron chi connectivity index (χ4n) is 0.800. The molecule has 1 heterocycles. The first-order valence-corrected chi connectivity index (χ1v) is 4.04. The Morgan fingerprint density at radius 2 is 2.43 bits per heavy atom. The molecule has 0 saturated carbocycles. The highest BCUT2D eigenvalue weighted by molar-refractivity contribution is 5.75. The summed E-state index contributed by atoms with van der Waals surface area (Å²) in [6.45, 7) is 1.77. The van der Waals surface area contributed by atoms with Gasteiger partial charge in [-0.3, -0.25) is 9.98 Å². The third kappa shape index (κ3) is 3.07. The molecule has 0 fully saturated rings. The number of allylic oxidation sites excluding steroid dienone is 2. The molecule has 14 heavy (non-hydrogen) atoms. The van der Waals surface area contributed by atoms with Gasteiger partial charge in [0.2, 0.25) is 0 Å². The summed E-state index contributed by atoms with van der Waals surface area (Å²) in [5.74, 6) is 0. The number of hydrogen-bond acceptors (Lipinski definition) is 4. The summed E-state index contributed by atoms with van der Waals surface area (Å²) >= 11 is 0. The van der Waals surface area contributed by atoms with E-state index in [1.54, 1.807) is 31.5 Å². The molecule has 0 bridgehead atoms. The summed E-state index contributed by atoms with van der Waals surface area (Å²) in [7, 11) is 0. The minimum Gasteiger partial charge on any atom is -0.402 e. The van der Waals surface area contributed by atoms with Crippen molar-refractivity contribution in [3.05, 3.63) is 35.8 Å². The number of aliphatic imine (C=N–C) groups is 1. The summed E-state index contributed by atoms with van der Waals surface area (Å²) < 4.78 is 0. The van der Waals surface area contributed by atoms with Gasteiger partial charge in [-0.2, -0.15) is 5.26 Å². The molecular weight excluding hydrogens is 176 g/mol. The molecule has 4 heteroatoms. The zero-order valence-electron chi connectivity index (χ0n) is 7.81. The lowest BCUT2D eigenvalue weighted by Crippen LogP contribution is -1.89. The van der Waals surface area contributed by atoms with Gasteiger partial charge >= 0.3 is 0 Å². The number of pyridine rings is 1. The van der Waals surface area contributed by atoms with Crippen molar-refractivity contribution in [1.29, 1.82) is 5.26 Å². The Balaban J connectivity index is 2.83. The van der Waals surface area contributed by atoms with Crippen molar-refractivity contribution in [2.45, 2.75) is 6.92 Å². The van der Waals surface area contributed by atoms with Gasteiger partial charge in [-0.15, -0.1) is 0 Å².